The summed E-state index contributed by atoms with van der Waals surface area (Å²) in [4.78, 5) is 19.6. The van der Waals surface area contributed by atoms with Gasteiger partial charge in [-0.15, -0.1) is 0 Å². The topological polar surface area (TPSA) is 64.5 Å². The van der Waals surface area contributed by atoms with Crippen molar-refractivity contribution in [1.82, 2.24) is 9.88 Å². The number of pyridine rings is 1. The van der Waals surface area contributed by atoms with Gasteiger partial charge in [-0.2, -0.15) is 0 Å². The minimum atomic E-state index is -0.0467. The van der Waals surface area contributed by atoms with E-state index >= 15 is 0 Å². The first kappa shape index (κ1) is 16.9. The summed E-state index contributed by atoms with van der Waals surface area (Å²) >= 11 is 0. The van der Waals surface area contributed by atoms with Gasteiger partial charge in [0, 0.05) is 60.6 Å². The van der Waals surface area contributed by atoms with Gasteiger partial charge in [0.05, 0.1) is 0 Å². The highest BCUT2D eigenvalue weighted by Gasteiger charge is 2.14. The Morgan fingerprint density at radius 1 is 0.964 bits per heavy atom. The summed E-state index contributed by atoms with van der Waals surface area (Å²) in [5.74, 6) is 0.872. The number of hydrogen-bond acceptors (Lipinski definition) is 5. The first-order chi connectivity index (χ1) is 13.7. The normalized spacial score (nSPS) is 15.4. The van der Waals surface area contributed by atoms with Crippen LogP contribution in [0, 0.1) is 0 Å². The van der Waals surface area contributed by atoms with Gasteiger partial charge in [-0.25, -0.2) is 0 Å². The number of aromatic nitrogens is 1. The second-order valence-electron chi connectivity index (χ2n) is 7.35. The molecular weight excluding hydrogens is 352 g/mol. The van der Waals surface area contributed by atoms with Crippen LogP contribution in [0.2, 0.25) is 0 Å². The lowest BCUT2D eigenvalue weighted by molar-refractivity contribution is 0.313. The third-order valence-corrected chi connectivity index (χ3v) is 5.37. The molecule has 6 nitrogen and oxygen atoms in total. The summed E-state index contributed by atoms with van der Waals surface area (Å²) < 4.78 is 5.78. The van der Waals surface area contributed by atoms with Crippen molar-refractivity contribution in [2.24, 2.45) is 0 Å². The maximum atomic E-state index is 11.6. The minimum absolute atomic E-state index is 0.0467. The maximum absolute atomic E-state index is 11.6. The van der Waals surface area contributed by atoms with Gasteiger partial charge >= 0.3 is 0 Å². The van der Waals surface area contributed by atoms with E-state index in [1.54, 1.807) is 6.07 Å². The largest absolute Gasteiger partial charge is 0.454 e. The molecule has 2 aromatic heterocycles. The highest BCUT2D eigenvalue weighted by molar-refractivity contribution is 6.05. The Kier molecular flexibility index (Phi) is 4.06. The molecule has 0 aliphatic carbocycles. The van der Waals surface area contributed by atoms with E-state index in [0.29, 0.717) is 5.58 Å². The Balaban J connectivity index is 1.44. The van der Waals surface area contributed by atoms with Crippen LogP contribution in [0.4, 0.5) is 17.2 Å². The number of nitrogens with zero attached hydrogens (tertiary/aromatic N) is 2. The van der Waals surface area contributed by atoms with E-state index in [-0.39, 0.29) is 5.43 Å². The van der Waals surface area contributed by atoms with E-state index < -0.39 is 0 Å². The summed E-state index contributed by atoms with van der Waals surface area (Å²) in [6.07, 6.45) is 1.83. The number of piperazine rings is 1. The van der Waals surface area contributed by atoms with E-state index in [0.717, 1.165) is 54.0 Å². The van der Waals surface area contributed by atoms with Crippen molar-refractivity contribution in [3.8, 4) is 0 Å². The molecule has 0 unspecified atom stereocenters. The first-order valence-corrected chi connectivity index (χ1v) is 9.51. The fraction of sp³-hybridized carbons (Fsp3) is 0.227. The Morgan fingerprint density at radius 2 is 1.82 bits per heavy atom. The van der Waals surface area contributed by atoms with Crippen LogP contribution in [0.25, 0.3) is 21.9 Å². The molecule has 28 heavy (non-hydrogen) atoms. The Bertz CT molecular complexity index is 1200. The third kappa shape index (κ3) is 3.12. The number of rotatable bonds is 3. The molecule has 2 aromatic carbocycles. The molecule has 3 heterocycles. The number of H-pyrrole nitrogens is 1. The average Bonchev–Trinajstić information content (AvgIpc) is 3.05. The molecule has 0 amide bonds. The second-order valence-corrected chi connectivity index (χ2v) is 7.35. The molecular formula is C22H22N4O2. The maximum Gasteiger partial charge on any atom is 0.182 e. The summed E-state index contributed by atoms with van der Waals surface area (Å²) in [5.41, 5.74) is 3.56. The Labute approximate surface area is 162 Å². The lowest BCUT2D eigenvalue weighted by Gasteiger charge is -2.34. The Morgan fingerprint density at radius 3 is 2.68 bits per heavy atom. The van der Waals surface area contributed by atoms with E-state index in [1.807, 2.05) is 18.3 Å². The molecule has 1 fully saturated rings. The van der Waals surface area contributed by atoms with Crippen molar-refractivity contribution >= 4 is 39.1 Å². The van der Waals surface area contributed by atoms with Gasteiger partial charge in [0.25, 0.3) is 0 Å². The zero-order valence-electron chi connectivity index (χ0n) is 15.7. The minimum Gasteiger partial charge on any atom is -0.454 e. The number of anilines is 3. The van der Waals surface area contributed by atoms with Crippen LogP contribution >= 0.6 is 0 Å². The van der Waals surface area contributed by atoms with Gasteiger partial charge in [-0.3, -0.25) is 4.79 Å². The zero-order valence-corrected chi connectivity index (χ0v) is 15.7. The molecule has 5 rings (SSSR count). The SMILES string of the molecule is CN1CCN(c2cccc(Nc3cc4c(c[nH]3)oc3cc(=O)ccc34)c2)CC1. The van der Waals surface area contributed by atoms with Crippen molar-refractivity contribution in [2.75, 3.05) is 43.4 Å². The summed E-state index contributed by atoms with van der Waals surface area (Å²) in [6.45, 7) is 4.25. The van der Waals surface area contributed by atoms with Gasteiger partial charge in [-0.05, 0) is 43.4 Å². The van der Waals surface area contributed by atoms with Crippen LogP contribution in [-0.4, -0.2) is 43.1 Å². The second kappa shape index (κ2) is 6.73. The van der Waals surface area contributed by atoms with Gasteiger partial charge in [-0.1, -0.05) is 6.07 Å². The lowest BCUT2D eigenvalue weighted by atomic mass is 10.2. The van der Waals surface area contributed by atoms with E-state index in [4.69, 9.17) is 4.42 Å². The quantitative estimate of drug-likeness (QED) is 0.572. The molecule has 6 heteroatoms. The molecule has 1 aliphatic rings. The molecule has 0 saturated carbocycles. The number of aromatic amines is 1. The summed E-state index contributed by atoms with van der Waals surface area (Å²) in [6, 6.07) is 15.4. The van der Waals surface area contributed by atoms with Gasteiger partial charge < -0.3 is 24.5 Å². The molecule has 2 N–H and O–H groups in total. The van der Waals surface area contributed by atoms with Crippen LogP contribution in [0.1, 0.15) is 0 Å². The first-order valence-electron chi connectivity index (χ1n) is 9.51. The number of furan rings is 1. The molecule has 1 saturated heterocycles. The summed E-state index contributed by atoms with van der Waals surface area (Å²) in [5, 5.41) is 5.37. The van der Waals surface area contributed by atoms with Crippen LogP contribution < -0.4 is 15.6 Å². The third-order valence-electron chi connectivity index (χ3n) is 5.37. The van der Waals surface area contributed by atoms with Crippen molar-refractivity contribution < 1.29 is 4.42 Å². The van der Waals surface area contributed by atoms with Crippen LogP contribution in [-0.2, 0) is 0 Å². The fourth-order valence-corrected chi connectivity index (χ4v) is 3.77. The standard InChI is InChI=1S/C22H22N4O2/c1-25-7-9-26(10-8-25)16-4-2-3-15(11-16)24-22-13-19-18-6-5-17(27)12-20(18)28-21(19)14-23-22/h2-6,11-14,23-24H,7-10H2,1H3. The molecule has 1 aliphatic heterocycles. The molecule has 0 radical (unpaired) electrons. The van der Waals surface area contributed by atoms with Crippen molar-refractivity contribution in [1.29, 1.82) is 0 Å². The molecule has 4 aromatic rings. The molecule has 142 valence electrons. The number of fused-ring (bicyclic) bond motifs is 3. The number of benzene rings is 2. The van der Waals surface area contributed by atoms with E-state index in [9.17, 15) is 4.79 Å². The van der Waals surface area contributed by atoms with Crippen molar-refractivity contribution in [2.45, 2.75) is 0 Å². The Hall–Kier alpha value is -3.25. The van der Waals surface area contributed by atoms with E-state index in [2.05, 4.69) is 51.4 Å². The highest BCUT2D eigenvalue weighted by atomic mass is 16.3. The lowest BCUT2D eigenvalue weighted by Crippen LogP contribution is -2.44. The van der Waals surface area contributed by atoms with Crippen LogP contribution in [0.15, 0.2) is 63.9 Å². The monoisotopic (exact) mass is 374 g/mol. The predicted octanol–water partition coefficient (Wildman–Crippen LogP) is 3.77. The fourth-order valence-electron chi connectivity index (χ4n) is 3.77. The van der Waals surface area contributed by atoms with Gasteiger partial charge in [0.15, 0.2) is 11.0 Å². The highest BCUT2D eigenvalue weighted by Crippen LogP contribution is 2.30. The molecule has 0 atom stereocenters. The van der Waals surface area contributed by atoms with Crippen LogP contribution in [0.5, 0.6) is 0 Å². The molecule has 0 spiro atoms. The van der Waals surface area contributed by atoms with Crippen molar-refractivity contribution in [3.63, 3.8) is 0 Å². The van der Waals surface area contributed by atoms with Crippen LogP contribution in [0.3, 0.4) is 0 Å². The van der Waals surface area contributed by atoms with Gasteiger partial charge in [0.1, 0.15) is 11.4 Å². The number of nitrogens with one attached hydrogen (secondary N) is 2. The molecule has 0 bridgehead atoms. The number of hydrogen-bond donors (Lipinski definition) is 2. The smallest absolute Gasteiger partial charge is 0.182 e. The van der Waals surface area contributed by atoms with Gasteiger partial charge in [0.2, 0.25) is 0 Å². The van der Waals surface area contributed by atoms with E-state index in [1.165, 1.54) is 11.8 Å². The summed E-state index contributed by atoms with van der Waals surface area (Å²) in [7, 11) is 2.17. The van der Waals surface area contributed by atoms with Crippen molar-refractivity contribution in [3.05, 3.63) is 65.0 Å². The average molecular weight is 374 g/mol. The zero-order chi connectivity index (χ0) is 19.1. The number of likely N-dealkylation sites (N-methyl/N-ethyl adjacent to an activating group) is 1. The predicted molar refractivity (Wildman–Crippen MR) is 114 cm³/mol.